The van der Waals surface area contributed by atoms with Crippen molar-refractivity contribution in [1.29, 1.82) is 0 Å². The fourth-order valence-corrected chi connectivity index (χ4v) is 4.56. The zero-order valence-corrected chi connectivity index (χ0v) is 20.1. The molecule has 3 rings (SSSR count). The van der Waals surface area contributed by atoms with Gasteiger partial charge in [-0.2, -0.15) is 5.10 Å². The third kappa shape index (κ3) is 6.21. The molecular weight excluding hydrogens is 390 g/mol. The summed E-state index contributed by atoms with van der Waals surface area (Å²) in [5.74, 6) is 1.69. The molecule has 3 heterocycles. The van der Waals surface area contributed by atoms with Gasteiger partial charge in [-0.05, 0) is 52.5 Å². The molecular formula is C23H41N7O. The van der Waals surface area contributed by atoms with Gasteiger partial charge in [0.15, 0.2) is 5.96 Å². The zero-order valence-electron chi connectivity index (χ0n) is 20.1. The second-order valence-corrected chi connectivity index (χ2v) is 9.14. The summed E-state index contributed by atoms with van der Waals surface area (Å²) in [6, 6.07) is 2.09. The zero-order chi connectivity index (χ0) is 22.4. The minimum absolute atomic E-state index is 0.0273. The topological polar surface area (TPSA) is 69.0 Å². The fourth-order valence-electron chi connectivity index (χ4n) is 4.56. The van der Waals surface area contributed by atoms with Gasteiger partial charge >= 0.3 is 0 Å². The molecule has 0 aromatic carbocycles. The molecule has 2 atom stereocenters. The highest BCUT2D eigenvalue weighted by atomic mass is 16.2. The fraction of sp³-hybridized carbons (Fsp3) is 0.783. The van der Waals surface area contributed by atoms with Crippen LogP contribution in [0, 0.1) is 19.8 Å². The molecule has 0 aliphatic carbocycles. The van der Waals surface area contributed by atoms with E-state index in [1.807, 2.05) is 11.8 Å². The molecule has 2 saturated heterocycles. The molecule has 0 spiro atoms. The van der Waals surface area contributed by atoms with Crippen molar-refractivity contribution in [3.8, 4) is 0 Å². The van der Waals surface area contributed by atoms with E-state index >= 15 is 0 Å². The smallest absolute Gasteiger partial charge is 0.239 e. The van der Waals surface area contributed by atoms with Gasteiger partial charge in [-0.1, -0.05) is 6.92 Å². The van der Waals surface area contributed by atoms with E-state index < -0.39 is 0 Å². The number of carbonyl (C=O) groups excluding carboxylic acids is 1. The van der Waals surface area contributed by atoms with Crippen LogP contribution in [0.3, 0.4) is 0 Å². The number of aryl methyl sites for hydroxylation is 2. The van der Waals surface area contributed by atoms with Crippen LogP contribution < -0.4 is 5.32 Å². The van der Waals surface area contributed by atoms with Crippen LogP contribution in [0.2, 0.25) is 0 Å². The van der Waals surface area contributed by atoms with Crippen LogP contribution in [0.25, 0.3) is 0 Å². The summed E-state index contributed by atoms with van der Waals surface area (Å²) >= 11 is 0. The van der Waals surface area contributed by atoms with Crippen LogP contribution >= 0.6 is 0 Å². The summed E-state index contributed by atoms with van der Waals surface area (Å²) < 4.78 is 2.08. The Kier molecular flexibility index (Phi) is 8.35. The molecule has 0 saturated carbocycles. The van der Waals surface area contributed by atoms with Gasteiger partial charge in [-0.15, -0.1) is 0 Å². The maximum absolute atomic E-state index is 12.7. The maximum Gasteiger partial charge on any atom is 0.239 e. The normalized spacial score (nSPS) is 20.2. The molecule has 2 unspecified atom stereocenters. The molecule has 0 radical (unpaired) electrons. The number of amides is 1. The van der Waals surface area contributed by atoms with E-state index in [0.717, 1.165) is 83.4 Å². The lowest BCUT2D eigenvalue weighted by molar-refractivity contribution is -0.135. The Morgan fingerprint density at radius 1 is 1.10 bits per heavy atom. The van der Waals surface area contributed by atoms with E-state index in [4.69, 9.17) is 4.99 Å². The highest BCUT2D eigenvalue weighted by molar-refractivity contribution is 5.82. The predicted molar refractivity (Wildman–Crippen MR) is 125 cm³/mol. The summed E-state index contributed by atoms with van der Waals surface area (Å²) in [7, 11) is 0. The molecule has 2 aliphatic heterocycles. The van der Waals surface area contributed by atoms with Crippen molar-refractivity contribution in [2.45, 2.75) is 60.0 Å². The van der Waals surface area contributed by atoms with Crippen LogP contribution in [-0.2, 0) is 11.3 Å². The van der Waals surface area contributed by atoms with Gasteiger partial charge in [-0.3, -0.25) is 19.4 Å². The van der Waals surface area contributed by atoms with Gasteiger partial charge in [0.25, 0.3) is 0 Å². The minimum atomic E-state index is -0.0273. The number of aliphatic imine (C=N–C) groups is 1. The van der Waals surface area contributed by atoms with Gasteiger partial charge < -0.3 is 15.1 Å². The summed E-state index contributed by atoms with van der Waals surface area (Å²) in [5.41, 5.74) is 2.27. The molecule has 1 amide bonds. The van der Waals surface area contributed by atoms with E-state index in [1.165, 1.54) is 5.69 Å². The third-order valence-electron chi connectivity index (χ3n) is 6.41. The van der Waals surface area contributed by atoms with Crippen molar-refractivity contribution in [3.63, 3.8) is 0 Å². The Morgan fingerprint density at radius 3 is 2.35 bits per heavy atom. The Hall–Kier alpha value is -2.09. The van der Waals surface area contributed by atoms with Crippen LogP contribution in [-0.4, -0.2) is 94.7 Å². The number of aromatic nitrogens is 2. The number of nitrogens with zero attached hydrogens (tertiary/aromatic N) is 6. The molecule has 2 fully saturated rings. The SMILES string of the molecule is CCNC(=NCC(C)Cn1nc(C)cc1C)N1CCN(C(C)C(=O)N2CCCC2)CC1. The Labute approximate surface area is 187 Å². The Bertz CT molecular complexity index is 745. The summed E-state index contributed by atoms with van der Waals surface area (Å²) in [6.45, 7) is 18.5. The van der Waals surface area contributed by atoms with Crippen molar-refractivity contribution in [2.24, 2.45) is 10.9 Å². The number of carbonyl (C=O) groups is 1. The first-order chi connectivity index (χ1) is 14.9. The first-order valence-corrected chi connectivity index (χ1v) is 12.0. The first-order valence-electron chi connectivity index (χ1n) is 12.0. The summed E-state index contributed by atoms with van der Waals surface area (Å²) in [5, 5.41) is 8.04. The van der Waals surface area contributed by atoms with Crippen molar-refractivity contribution >= 4 is 11.9 Å². The second kappa shape index (κ2) is 11.0. The van der Waals surface area contributed by atoms with Gasteiger partial charge in [-0.25, -0.2) is 0 Å². The molecule has 31 heavy (non-hydrogen) atoms. The molecule has 8 heteroatoms. The number of nitrogens with one attached hydrogen (secondary N) is 1. The Morgan fingerprint density at radius 2 is 1.77 bits per heavy atom. The lowest BCUT2D eigenvalue weighted by Gasteiger charge is -2.39. The van der Waals surface area contributed by atoms with Crippen molar-refractivity contribution in [2.75, 3.05) is 52.4 Å². The standard InChI is InChI=1S/C23H41N7O/c1-6-24-23(25-16-18(2)17-30-20(4)15-19(3)26-30)29-13-11-27(12-14-29)21(5)22(31)28-9-7-8-10-28/h15,18,21H,6-14,16-17H2,1-5H3,(H,24,25). The Balaban J connectivity index is 1.52. The maximum atomic E-state index is 12.7. The molecule has 8 nitrogen and oxygen atoms in total. The molecule has 1 aromatic rings. The average molecular weight is 432 g/mol. The van der Waals surface area contributed by atoms with Gasteiger partial charge in [0.2, 0.25) is 5.91 Å². The largest absolute Gasteiger partial charge is 0.357 e. The van der Waals surface area contributed by atoms with Crippen LogP contribution in [0.15, 0.2) is 11.1 Å². The predicted octanol–water partition coefficient (Wildman–Crippen LogP) is 1.73. The van der Waals surface area contributed by atoms with Crippen molar-refractivity contribution in [1.82, 2.24) is 29.8 Å². The molecule has 2 aliphatic rings. The first kappa shape index (κ1) is 23.6. The summed E-state index contributed by atoms with van der Waals surface area (Å²) in [4.78, 5) is 24.4. The van der Waals surface area contributed by atoms with Crippen molar-refractivity contribution in [3.05, 3.63) is 17.5 Å². The second-order valence-electron chi connectivity index (χ2n) is 9.14. The number of guanidine groups is 1. The average Bonchev–Trinajstić information content (AvgIpc) is 3.40. The van der Waals surface area contributed by atoms with Gasteiger partial charge in [0.1, 0.15) is 0 Å². The summed E-state index contributed by atoms with van der Waals surface area (Å²) in [6.07, 6.45) is 2.29. The highest BCUT2D eigenvalue weighted by Crippen LogP contribution is 2.14. The van der Waals surface area contributed by atoms with Crippen molar-refractivity contribution < 1.29 is 4.79 Å². The monoisotopic (exact) mass is 431 g/mol. The lowest BCUT2D eigenvalue weighted by Crippen LogP contribution is -2.57. The van der Waals surface area contributed by atoms with Crippen LogP contribution in [0.1, 0.15) is 45.0 Å². The van der Waals surface area contributed by atoms with Crippen LogP contribution in [0.4, 0.5) is 0 Å². The van der Waals surface area contributed by atoms with E-state index in [-0.39, 0.29) is 6.04 Å². The van der Waals surface area contributed by atoms with E-state index in [9.17, 15) is 4.79 Å². The number of hydrogen-bond acceptors (Lipinski definition) is 4. The number of likely N-dealkylation sites (tertiary alicyclic amines) is 1. The lowest BCUT2D eigenvalue weighted by atomic mass is 10.2. The number of piperazine rings is 1. The molecule has 0 bridgehead atoms. The van der Waals surface area contributed by atoms with Gasteiger partial charge in [0, 0.05) is 64.6 Å². The third-order valence-corrected chi connectivity index (χ3v) is 6.41. The molecule has 1 aromatic heterocycles. The highest BCUT2D eigenvalue weighted by Gasteiger charge is 2.30. The van der Waals surface area contributed by atoms with Crippen LogP contribution in [0.5, 0.6) is 0 Å². The number of rotatable bonds is 7. The van der Waals surface area contributed by atoms with E-state index in [1.54, 1.807) is 0 Å². The minimum Gasteiger partial charge on any atom is -0.357 e. The van der Waals surface area contributed by atoms with E-state index in [2.05, 4.69) is 58.7 Å². The molecule has 1 N–H and O–H groups in total. The van der Waals surface area contributed by atoms with E-state index in [0.29, 0.717) is 11.8 Å². The number of hydrogen-bond donors (Lipinski definition) is 1. The molecule has 174 valence electrons. The quantitative estimate of drug-likeness (QED) is 0.526. The van der Waals surface area contributed by atoms with Gasteiger partial charge in [0.05, 0.1) is 11.7 Å².